The van der Waals surface area contributed by atoms with E-state index in [4.69, 9.17) is 4.74 Å². The van der Waals surface area contributed by atoms with E-state index in [0.29, 0.717) is 6.04 Å². The molecule has 0 aromatic carbocycles. The van der Waals surface area contributed by atoms with Crippen molar-refractivity contribution in [1.82, 2.24) is 15.1 Å². The Morgan fingerprint density at radius 1 is 1.12 bits per heavy atom. The number of nitrogens with one attached hydrogen (secondary N) is 1. The topological polar surface area (TPSA) is 27.7 Å². The Kier molecular flexibility index (Phi) is 5.71. The zero-order valence-corrected chi connectivity index (χ0v) is 11.2. The predicted octanol–water partition coefficient (Wildman–Crippen LogP) is 0.393. The second-order valence-corrected chi connectivity index (χ2v) is 5.32. The van der Waals surface area contributed by atoms with Gasteiger partial charge in [-0.3, -0.25) is 4.90 Å². The Morgan fingerprint density at radius 2 is 1.88 bits per heavy atom. The van der Waals surface area contributed by atoms with Crippen LogP contribution in [0.25, 0.3) is 0 Å². The van der Waals surface area contributed by atoms with Gasteiger partial charge in [0.05, 0.1) is 13.2 Å². The van der Waals surface area contributed by atoms with Gasteiger partial charge in [0, 0.05) is 25.7 Å². The van der Waals surface area contributed by atoms with Crippen LogP contribution in [0.15, 0.2) is 0 Å². The van der Waals surface area contributed by atoms with Crippen molar-refractivity contribution in [3.8, 4) is 0 Å². The van der Waals surface area contributed by atoms with Crippen LogP contribution in [0.1, 0.15) is 19.8 Å². The molecule has 0 radical (unpaired) electrons. The molecular weight excluding hydrogens is 214 g/mol. The summed E-state index contributed by atoms with van der Waals surface area (Å²) < 4.78 is 5.37. The van der Waals surface area contributed by atoms with Crippen molar-refractivity contribution < 1.29 is 4.74 Å². The van der Waals surface area contributed by atoms with Gasteiger partial charge in [-0.15, -0.1) is 0 Å². The van der Waals surface area contributed by atoms with Crippen LogP contribution in [0.5, 0.6) is 0 Å². The van der Waals surface area contributed by atoms with Crippen LogP contribution < -0.4 is 5.32 Å². The average molecular weight is 241 g/mol. The fourth-order valence-corrected chi connectivity index (χ4v) is 2.74. The Bertz CT molecular complexity index is 207. The minimum absolute atomic E-state index is 0.654. The van der Waals surface area contributed by atoms with Crippen LogP contribution in [0.4, 0.5) is 0 Å². The lowest BCUT2D eigenvalue weighted by Gasteiger charge is -2.28. The summed E-state index contributed by atoms with van der Waals surface area (Å²) in [6.07, 6.45) is 2.59. The van der Waals surface area contributed by atoms with Crippen LogP contribution in [0.2, 0.25) is 0 Å². The molecule has 4 nitrogen and oxygen atoms in total. The molecule has 17 heavy (non-hydrogen) atoms. The summed E-state index contributed by atoms with van der Waals surface area (Å²) in [5, 5.41) is 3.55. The third kappa shape index (κ3) is 4.92. The van der Waals surface area contributed by atoms with Crippen molar-refractivity contribution in [2.45, 2.75) is 25.8 Å². The third-order valence-corrected chi connectivity index (χ3v) is 3.73. The molecule has 1 N–H and O–H groups in total. The van der Waals surface area contributed by atoms with Gasteiger partial charge in [-0.2, -0.15) is 0 Å². The molecule has 1 atom stereocenters. The highest BCUT2D eigenvalue weighted by molar-refractivity contribution is 4.73. The van der Waals surface area contributed by atoms with E-state index in [0.717, 1.165) is 26.3 Å². The molecule has 0 spiro atoms. The Balaban J connectivity index is 1.59. The first kappa shape index (κ1) is 13.3. The molecule has 0 aliphatic carbocycles. The largest absolute Gasteiger partial charge is 0.379 e. The molecule has 0 aromatic rings. The Morgan fingerprint density at radius 3 is 2.71 bits per heavy atom. The van der Waals surface area contributed by atoms with E-state index in [-0.39, 0.29) is 0 Å². The fourth-order valence-electron chi connectivity index (χ4n) is 2.74. The molecule has 2 aliphatic heterocycles. The van der Waals surface area contributed by atoms with Gasteiger partial charge in [-0.25, -0.2) is 0 Å². The molecule has 100 valence electrons. The van der Waals surface area contributed by atoms with Crippen molar-refractivity contribution >= 4 is 0 Å². The monoisotopic (exact) mass is 241 g/mol. The van der Waals surface area contributed by atoms with E-state index >= 15 is 0 Å². The molecule has 2 rings (SSSR count). The Labute approximate surface area is 105 Å². The third-order valence-electron chi connectivity index (χ3n) is 3.73. The van der Waals surface area contributed by atoms with Gasteiger partial charge in [-0.1, -0.05) is 0 Å². The maximum atomic E-state index is 5.37. The number of rotatable bonds is 4. The van der Waals surface area contributed by atoms with Gasteiger partial charge in [0.15, 0.2) is 0 Å². The van der Waals surface area contributed by atoms with E-state index in [9.17, 15) is 0 Å². The molecule has 0 aromatic heterocycles. The first-order valence-corrected chi connectivity index (χ1v) is 7.10. The van der Waals surface area contributed by atoms with Crippen molar-refractivity contribution in [1.29, 1.82) is 0 Å². The van der Waals surface area contributed by atoms with Gasteiger partial charge in [0.25, 0.3) is 0 Å². The van der Waals surface area contributed by atoms with E-state index in [1.165, 1.54) is 45.6 Å². The van der Waals surface area contributed by atoms with Crippen molar-refractivity contribution in [3.63, 3.8) is 0 Å². The highest BCUT2D eigenvalue weighted by Crippen LogP contribution is 2.03. The molecular formula is C13H27N3O. The van der Waals surface area contributed by atoms with Crippen LogP contribution >= 0.6 is 0 Å². The molecule has 0 amide bonds. The minimum Gasteiger partial charge on any atom is -0.379 e. The van der Waals surface area contributed by atoms with E-state index in [2.05, 4.69) is 22.0 Å². The van der Waals surface area contributed by atoms with Crippen LogP contribution in [-0.2, 0) is 4.74 Å². The summed E-state index contributed by atoms with van der Waals surface area (Å²) in [7, 11) is 0. The summed E-state index contributed by atoms with van der Waals surface area (Å²) in [4.78, 5) is 5.15. The summed E-state index contributed by atoms with van der Waals surface area (Å²) in [6, 6.07) is 0.654. The molecule has 2 fully saturated rings. The first-order valence-electron chi connectivity index (χ1n) is 7.10. The van der Waals surface area contributed by atoms with Crippen LogP contribution in [0, 0.1) is 0 Å². The van der Waals surface area contributed by atoms with E-state index < -0.39 is 0 Å². The smallest absolute Gasteiger partial charge is 0.0594 e. The first-order chi connectivity index (χ1) is 8.34. The highest BCUT2D eigenvalue weighted by atomic mass is 16.5. The maximum Gasteiger partial charge on any atom is 0.0594 e. The van der Waals surface area contributed by atoms with Gasteiger partial charge < -0.3 is 15.0 Å². The van der Waals surface area contributed by atoms with Gasteiger partial charge in [0.1, 0.15) is 0 Å². The predicted molar refractivity (Wildman–Crippen MR) is 70.4 cm³/mol. The lowest BCUT2D eigenvalue weighted by Crippen LogP contribution is -2.39. The van der Waals surface area contributed by atoms with Crippen LogP contribution in [-0.4, -0.2) is 74.9 Å². The minimum atomic E-state index is 0.654. The highest BCUT2D eigenvalue weighted by Gasteiger charge is 2.14. The van der Waals surface area contributed by atoms with Gasteiger partial charge in [-0.05, 0) is 45.9 Å². The van der Waals surface area contributed by atoms with Crippen molar-refractivity contribution in [2.75, 3.05) is 59.0 Å². The second-order valence-electron chi connectivity index (χ2n) is 5.32. The van der Waals surface area contributed by atoms with Crippen molar-refractivity contribution in [3.05, 3.63) is 0 Å². The number of ether oxygens (including phenoxy) is 1. The molecule has 2 aliphatic rings. The normalized spacial score (nSPS) is 29.1. The SMILES string of the molecule is CC1CN(CCCN2CCOCC2)CCCN1. The molecule has 4 heteroatoms. The zero-order valence-electron chi connectivity index (χ0n) is 11.2. The van der Waals surface area contributed by atoms with Crippen molar-refractivity contribution in [2.24, 2.45) is 0 Å². The second kappa shape index (κ2) is 7.31. The standard InChI is InChI=1S/C13H27N3O/c1-13-12-16(5-2-4-14-13)7-3-6-15-8-10-17-11-9-15/h13-14H,2-12H2,1H3. The number of morpholine rings is 1. The quantitative estimate of drug-likeness (QED) is 0.771. The number of hydrogen-bond donors (Lipinski definition) is 1. The lowest BCUT2D eigenvalue weighted by molar-refractivity contribution is 0.0361. The number of hydrogen-bond acceptors (Lipinski definition) is 4. The fraction of sp³-hybridized carbons (Fsp3) is 1.00. The summed E-state index contributed by atoms with van der Waals surface area (Å²) in [6.45, 7) is 12.5. The van der Waals surface area contributed by atoms with Crippen LogP contribution in [0.3, 0.4) is 0 Å². The van der Waals surface area contributed by atoms with Gasteiger partial charge in [0.2, 0.25) is 0 Å². The van der Waals surface area contributed by atoms with E-state index in [1.54, 1.807) is 0 Å². The lowest BCUT2D eigenvalue weighted by atomic mass is 10.3. The average Bonchev–Trinajstić information content (AvgIpc) is 2.55. The van der Waals surface area contributed by atoms with Gasteiger partial charge >= 0.3 is 0 Å². The summed E-state index contributed by atoms with van der Waals surface area (Å²) in [5.41, 5.74) is 0. The Hall–Kier alpha value is -0.160. The molecule has 0 bridgehead atoms. The molecule has 0 saturated carbocycles. The number of nitrogens with zero attached hydrogens (tertiary/aromatic N) is 2. The molecule has 2 heterocycles. The summed E-state index contributed by atoms with van der Waals surface area (Å²) >= 11 is 0. The van der Waals surface area contributed by atoms with E-state index in [1.807, 2.05) is 0 Å². The molecule has 1 unspecified atom stereocenters. The molecule has 2 saturated heterocycles. The summed E-state index contributed by atoms with van der Waals surface area (Å²) in [5.74, 6) is 0. The maximum absolute atomic E-state index is 5.37. The zero-order chi connectivity index (χ0) is 11.9.